The van der Waals surface area contributed by atoms with Crippen molar-refractivity contribution in [2.75, 3.05) is 7.11 Å². The zero-order valence-corrected chi connectivity index (χ0v) is 7.48. The molecule has 0 bridgehead atoms. The van der Waals surface area contributed by atoms with E-state index in [0.29, 0.717) is 5.69 Å². The predicted octanol–water partition coefficient (Wildman–Crippen LogP) is 0.580. The number of rotatable bonds is 3. The maximum Gasteiger partial charge on any atom is 0.308 e. The van der Waals surface area contributed by atoms with Crippen LogP contribution in [0, 0.1) is 6.92 Å². The van der Waals surface area contributed by atoms with Crippen LogP contribution in [0.5, 0.6) is 0 Å². The lowest BCUT2D eigenvalue weighted by Gasteiger charge is -2.03. The molecule has 1 aromatic rings. The minimum Gasteiger partial charge on any atom is -0.469 e. The van der Waals surface area contributed by atoms with Crippen molar-refractivity contribution in [2.45, 2.75) is 19.4 Å². The zero-order valence-electron chi connectivity index (χ0n) is 7.48. The molecule has 1 atom stereocenters. The van der Waals surface area contributed by atoms with E-state index < -0.39 is 12.1 Å². The van der Waals surface area contributed by atoms with E-state index in [1.807, 2.05) is 0 Å². The number of aryl methyl sites for hydroxylation is 1. The molecule has 0 saturated carbocycles. The number of ether oxygens (including phenoxy) is 1. The van der Waals surface area contributed by atoms with Gasteiger partial charge in [-0.15, -0.1) is 0 Å². The molecule has 0 spiro atoms. The van der Waals surface area contributed by atoms with E-state index in [1.54, 1.807) is 13.0 Å². The average Bonchev–Trinajstić information content (AvgIpc) is 2.51. The van der Waals surface area contributed by atoms with Gasteiger partial charge >= 0.3 is 5.97 Å². The van der Waals surface area contributed by atoms with Gasteiger partial charge < -0.3 is 14.4 Å². The molecule has 0 aliphatic heterocycles. The summed E-state index contributed by atoms with van der Waals surface area (Å²) >= 11 is 0. The van der Waals surface area contributed by atoms with Crippen molar-refractivity contribution in [1.29, 1.82) is 0 Å². The first-order chi connectivity index (χ1) is 6.13. The predicted molar refractivity (Wildman–Crippen MR) is 42.8 cm³/mol. The summed E-state index contributed by atoms with van der Waals surface area (Å²) in [6.45, 7) is 1.73. The molecule has 1 N–H and O–H groups in total. The molecule has 0 fully saturated rings. The van der Waals surface area contributed by atoms with Crippen LogP contribution in [0.3, 0.4) is 0 Å². The van der Waals surface area contributed by atoms with Crippen molar-refractivity contribution in [3.8, 4) is 0 Å². The lowest BCUT2D eigenvalue weighted by Crippen LogP contribution is -2.07. The largest absolute Gasteiger partial charge is 0.469 e. The molecule has 0 unspecified atom stereocenters. The summed E-state index contributed by atoms with van der Waals surface area (Å²) in [4.78, 5) is 10.8. The second-order valence-electron chi connectivity index (χ2n) is 2.67. The van der Waals surface area contributed by atoms with Crippen LogP contribution in [-0.2, 0) is 9.53 Å². The summed E-state index contributed by atoms with van der Waals surface area (Å²) < 4.78 is 9.15. The van der Waals surface area contributed by atoms with Gasteiger partial charge in [-0.3, -0.25) is 4.79 Å². The van der Waals surface area contributed by atoms with E-state index in [4.69, 9.17) is 4.52 Å². The van der Waals surface area contributed by atoms with Gasteiger partial charge in [-0.05, 0) is 6.92 Å². The number of methoxy groups -OCH3 is 1. The van der Waals surface area contributed by atoms with Gasteiger partial charge in [-0.2, -0.15) is 0 Å². The lowest BCUT2D eigenvalue weighted by atomic mass is 10.2. The van der Waals surface area contributed by atoms with E-state index in [9.17, 15) is 9.90 Å². The third-order valence-corrected chi connectivity index (χ3v) is 1.56. The highest BCUT2D eigenvalue weighted by molar-refractivity contribution is 5.69. The summed E-state index contributed by atoms with van der Waals surface area (Å²) in [6.07, 6.45) is -1.10. The van der Waals surface area contributed by atoms with Crippen LogP contribution in [0.15, 0.2) is 10.6 Å². The summed E-state index contributed by atoms with van der Waals surface area (Å²) in [5, 5.41) is 13.0. The van der Waals surface area contributed by atoms with Gasteiger partial charge in [0.15, 0.2) is 5.76 Å². The third-order valence-electron chi connectivity index (χ3n) is 1.56. The molecule has 0 radical (unpaired) electrons. The summed E-state index contributed by atoms with van der Waals surface area (Å²) in [6, 6.07) is 1.58. The lowest BCUT2D eigenvalue weighted by molar-refractivity contribution is -0.143. The van der Waals surface area contributed by atoms with Crippen molar-refractivity contribution < 1.29 is 19.2 Å². The van der Waals surface area contributed by atoms with Gasteiger partial charge in [0.2, 0.25) is 0 Å². The standard InChI is InChI=1S/C8H11NO4/c1-5-3-7(13-9-5)6(10)4-8(11)12-2/h3,6,10H,4H2,1-2H3/t6-/m0/s1. The Morgan fingerprint density at radius 2 is 2.54 bits per heavy atom. The van der Waals surface area contributed by atoms with E-state index in [-0.39, 0.29) is 12.2 Å². The van der Waals surface area contributed by atoms with Crippen molar-refractivity contribution >= 4 is 5.97 Å². The second-order valence-corrected chi connectivity index (χ2v) is 2.67. The van der Waals surface area contributed by atoms with Crippen LogP contribution in [0.2, 0.25) is 0 Å². The molecule has 5 heteroatoms. The molecule has 0 aromatic carbocycles. The van der Waals surface area contributed by atoms with E-state index in [0.717, 1.165) is 0 Å². The van der Waals surface area contributed by atoms with Gasteiger partial charge in [0.25, 0.3) is 0 Å². The van der Waals surface area contributed by atoms with Crippen LogP contribution in [-0.4, -0.2) is 23.3 Å². The van der Waals surface area contributed by atoms with E-state index >= 15 is 0 Å². The summed E-state index contributed by atoms with van der Waals surface area (Å²) in [5.41, 5.74) is 0.666. The number of aliphatic hydroxyl groups excluding tert-OH is 1. The number of hydrogen-bond donors (Lipinski definition) is 1. The van der Waals surface area contributed by atoms with Gasteiger partial charge in [0.1, 0.15) is 6.10 Å². The summed E-state index contributed by atoms with van der Waals surface area (Å²) in [7, 11) is 1.26. The number of carbonyl (C=O) groups is 1. The van der Waals surface area contributed by atoms with Gasteiger partial charge in [0.05, 0.1) is 19.2 Å². The van der Waals surface area contributed by atoms with Gasteiger partial charge in [0, 0.05) is 6.07 Å². The fourth-order valence-corrected chi connectivity index (χ4v) is 0.882. The molecule has 72 valence electrons. The van der Waals surface area contributed by atoms with Crippen LogP contribution < -0.4 is 0 Å². The first-order valence-corrected chi connectivity index (χ1v) is 3.81. The topological polar surface area (TPSA) is 72.6 Å². The van der Waals surface area contributed by atoms with Crippen LogP contribution in [0.1, 0.15) is 24.0 Å². The average molecular weight is 185 g/mol. The van der Waals surface area contributed by atoms with Gasteiger partial charge in [-0.25, -0.2) is 0 Å². The Morgan fingerprint density at radius 3 is 3.00 bits per heavy atom. The van der Waals surface area contributed by atoms with Crippen molar-refractivity contribution in [3.05, 3.63) is 17.5 Å². The van der Waals surface area contributed by atoms with Crippen molar-refractivity contribution in [2.24, 2.45) is 0 Å². The fraction of sp³-hybridized carbons (Fsp3) is 0.500. The molecule has 5 nitrogen and oxygen atoms in total. The Balaban J connectivity index is 2.58. The minimum atomic E-state index is -0.978. The number of carbonyl (C=O) groups excluding carboxylic acids is 1. The van der Waals surface area contributed by atoms with E-state index in [1.165, 1.54) is 7.11 Å². The Kier molecular flexibility index (Phi) is 3.02. The zero-order chi connectivity index (χ0) is 9.84. The fourth-order valence-electron chi connectivity index (χ4n) is 0.882. The molecule has 1 aromatic heterocycles. The Hall–Kier alpha value is -1.36. The van der Waals surface area contributed by atoms with Crippen LogP contribution >= 0.6 is 0 Å². The molecule has 0 aliphatic carbocycles. The maximum atomic E-state index is 10.8. The molecule has 1 rings (SSSR count). The number of nitrogens with zero attached hydrogens (tertiary/aromatic N) is 1. The monoisotopic (exact) mass is 185 g/mol. The molecular weight excluding hydrogens is 174 g/mol. The number of hydrogen-bond acceptors (Lipinski definition) is 5. The molecular formula is C8H11NO4. The second kappa shape index (κ2) is 4.04. The van der Waals surface area contributed by atoms with Crippen LogP contribution in [0.4, 0.5) is 0 Å². The Labute approximate surface area is 75.3 Å². The van der Waals surface area contributed by atoms with Crippen molar-refractivity contribution in [3.63, 3.8) is 0 Å². The SMILES string of the molecule is COC(=O)C[C@H](O)c1cc(C)no1. The number of esters is 1. The molecule has 0 aliphatic rings. The molecule has 1 heterocycles. The molecule has 13 heavy (non-hydrogen) atoms. The highest BCUT2D eigenvalue weighted by atomic mass is 16.5. The van der Waals surface area contributed by atoms with Crippen LogP contribution in [0.25, 0.3) is 0 Å². The highest BCUT2D eigenvalue weighted by Crippen LogP contribution is 2.17. The van der Waals surface area contributed by atoms with Gasteiger partial charge in [-0.1, -0.05) is 5.16 Å². The highest BCUT2D eigenvalue weighted by Gasteiger charge is 2.17. The van der Waals surface area contributed by atoms with Crippen molar-refractivity contribution in [1.82, 2.24) is 5.16 Å². The smallest absolute Gasteiger partial charge is 0.308 e. The summed E-state index contributed by atoms with van der Waals surface area (Å²) in [5.74, 6) is -0.204. The Morgan fingerprint density at radius 1 is 1.85 bits per heavy atom. The molecule has 0 saturated heterocycles. The quantitative estimate of drug-likeness (QED) is 0.697. The number of aliphatic hydroxyl groups is 1. The Bertz CT molecular complexity index is 294. The first kappa shape index (κ1) is 9.73. The molecule has 0 amide bonds. The third kappa shape index (κ3) is 2.55. The van der Waals surface area contributed by atoms with E-state index in [2.05, 4.69) is 9.89 Å². The normalized spacial score (nSPS) is 12.5. The first-order valence-electron chi connectivity index (χ1n) is 3.81. The maximum absolute atomic E-state index is 10.8. The number of aromatic nitrogens is 1. The minimum absolute atomic E-state index is 0.120.